The summed E-state index contributed by atoms with van der Waals surface area (Å²) in [5.41, 5.74) is 15.0. The molecule has 4 fully saturated rings. The number of aromatic amines is 2. The molecular weight excluding hydrogens is 1220 g/mol. The highest BCUT2D eigenvalue weighted by molar-refractivity contribution is 7.46. The van der Waals surface area contributed by atoms with E-state index < -0.39 is 158 Å². The number of phosphoric acid groups is 3. The van der Waals surface area contributed by atoms with E-state index in [1.165, 1.54) is 51.1 Å². The van der Waals surface area contributed by atoms with E-state index >= 15 is 0 Å². The summed E-state index contributed by atoms with van der Waals surface area (Å²) in [6.45, 7) is -0.640. The summed E-state index contributed by atoms with van der Waals surface area (Å²) in [6.07, 6.45) is -11.6. The molecule has 0 aliphatic carbocycles. The number of aromatic nitrogens is 12. The molecule has 0 unspecified atom stereocenters. The van der Waals surface area contributed by atoms with Crippen molar-refractivity contribution in [3.8, 4) is 0 Å². The number of imidazole rings is 2. The Kier molecular flexibility index (Phi) is 20.9. The van der Waals surface area contributed by atoms with E-state index in [-0.39, 0.29) is 47.4 Å². The molecule has 10 heterocycles. The lowest BCUT2D eigenvalue weighted by Gasteiger charge is -2.16. The van der Waals surface area contributed by atoms with Crippen LogP contribution in [-0.2, 0) is 46.2 Å². The van der Waals surface area contributed by atoms with Gasteiger partial charge in [-0.15, -0.1) is 0 Å². The maximum absolute atomic E-state index is 11.7. The topological polar surface area (TPSA) is 674 Å². The van der Waals surface area contributed by atoms with Crippen molar-refractivity contribution < 1.29 is 116 Å². The Morgan fingerprint density at radius 2 is 1.08 bits per heavy atom. The van der Waals surface area contributed by atoms with Gasteiger partial charge in [-0.25, -0.2) is 43.2 Å². The number of phosphoric ester groups is 3. The minimum atomic E-state index is -4.76. The molecule has 85 heavy (non-hydrogen) atoms. The minimum Gasteiger partial charge on any atom is -0.394 e. The number of nitrogen functional groups attached to an aromatic ring is 3. The molecule has 15 atom stereocenters. The van der Waals surface area contributed by atoms with Gasteiger partial charge < -0.3 is 106 Å². The number of hydrogen-bond donors (Lipinski definition) is 19. The number of H-pyrrole nitrogens is 2. The zero-order valence-corrected chi connectivity index (χ0v) is 45.9. The van der Waals surface area contributed by atoms with Gasteiger partial charge >= 0.3 is 34.8 Å². The fourth-order valence-corrected chi connectivity index (χ4v) is 9.48. The van der Waals surface area contributed by atoms with Gasteiger partial charge in [0.25, 0.3) is 11.1 Å². The van der Waals surface area contributed by atoms with Crippen LogP contribution < -0.4 is 39.7 Å². The van der Waals surface area contributed by atoms with E-state index in [1.54, 1.807) is 6.92 Å². The number of nitrogens with zero attached hydrogens (tertiary/aromatic N) is 10. The number of aryl methyl sites for hydroxylation is 1. The summed E-state index contributed by atoms with van der Waals surface area (Å²) in [7, 11) is -14.2. The van der Waals surface area contributed by atoms with E-state index in [1.807, 2.05) is 0 Å². The zero-order chi connectivity index (χ0) is 62.8. The van der Waals surface area contributed by atoms with Crippen LogP contribution in [0, 0.1) is 6.92 Å². The molecule has 46 heteroatoms. The molecule has 22 N–H and O–H groups in total. The number of nitrogens with two attached hydrogens (primary N) is 3. The third-order valence-corrected chi connectivity index (χ3v) is 14.0. The lowest BCUT2D eigenvalue weighted by molar-refractivity contribution is -0.0542. The molecule has 43 nitrogen and oxygen atoms in total. The van der Waals surface area contributed by atoms with Crippen LogP contribution in [0.5, 0.6) is 0 Å². The highest BCUT2D eigenvalue weighted by atomic mass is 31.2. The number of ether oxygens (including phenoxy) is 4. The van der Waals surface area contributed by atoms with Gasteiger partial charge in [0.15, 0.2) is 41.3 Å². The molecular formula is C39H56N15O28P3. The first kappa shape index (κ1) is 66.2. The third kappa shape index (κ3) is 16.0. The van der Waals surface area contributed by atoms with Gasteiger partial charge in [-0.1, -0.05) is 0 Å². The highest BCUT2D eigenvalue weighted by Gasteiger charge is 2.48. The second-order valence-corrected chi connectivity index (χ2v) is 22.2. The van der Waals surface area contributed by atoms with Crippen molar-refractivity contribution in [1.82, 2.24) is 58.1 Å². The van der Waals surface area contributed by atoms with Crippen molar-refractivity contribution in [2.45, 2.75) is 105 Å². The lowest BCUT2D eigenvalue weighted by atomic mass is 10.1. The van der Waals surface area contributed by atoms with E-state index in [2.05, 4.69) is 53.4 Å². The molecule has 4 saturated heterocycles. The van der Waals surface area contributed by atoms with Crippen molar-refractivity contribution in [1.29, 1.82) is 0 Å². The third-order valence-electron chi connectivity index (χ3n) is 12.6. The van der Waals surface area contributed by atoms with Crippen LogP contribution in [0.4, 0.5) is 17.6 Å². The maximum Gasteiger partial charge on any atom is 0.469 e. The van der Waals surface area contributed by atoms with Crippen LogP contribution in [-0.4, -0.2) is 222 Å². The first-order valence-electron chi connectivity index (χ1n) is 24.1. The molecule has 470 valence electrons. The van der Waals surface area contributed by atoms with Crippen molar-refractivity contribution in [3.63, 3.8) is 0 Å². The second kappa shape index (κ2) is 26.8. The maximum atomic E-state index is 11.7. The highest BCUT2D eigenvalue weighted by Crippen LogP contribution is 2.41. The summed E-state index contributed by atoms with van der Waals surface area (Å²) in [6, 6.07) is 1.29. The number of aliphatic hydroxyl groups excluding tert-OH is 8. The molecule has 0 aromatic carbocycles. The van der Waals surface area contributed by atoms with Crippen LogP contribution in [0.15, 0.2) is 56.6 Å². The first-order chi connectivity index (χ1) is 39.7. The number of rotatable bonds is 14. The van der Waals surface area contributed by atoms with Crippen LogP contribution >= 0.6 is 23.5 Å². The van der Waals surface area contributed by atoms with Gasteiger partial charge in [0, 0.05) is 24.4 Å². The number of fused-ring (bicyclic) bond motifs is 2. The van der Waals surface area contributed by atoms with E-state index in [0.29, 0.717) is 11.1 Å². The first-order valence-corrected chi connectivity index (χ1v) is 28.7. The van der Waals surface area contributed by atoms with Gasteiger partial charge in [-0.05, 0) is 13.0 Å². The number of anilines is 3. The minimum absolute atomic E-state index is 0.0176. The summed E-state index contributed by atoms with van der Waals surface area (Å²) < 4.78 is 70.8. The Morgan fingerprint density at radius 3 is 1.55 bits per heavy atom. The molecule has 4 aliphatic rings. The summed E-state index contributed by atoms with van der Waals surface area (Å²) in [5.74, 6) is -0.0579. The molecule has 0 spiro atoms. The average Bonchev–Trinajstić information content (AvgIpc) is 2.83. The van der Waals surface area contributed by atoms with Gasteiger partial charge in [0.2, 0.25) is 5.95 Å². The van der Waals surface area contributed by atoms with Gasteiger partial charge in [-0.2, -0.15) is 9.97 Å². The fourth-order valence-electron chi connectivity index (χ4n) is 8.46. The van der Waals surface area contributed by atoms with Gasteiger partial charge in [0.05, 0.1) is 45.2 Å². The molecule has 10 rings (SSSR count). The van der Waals surface area contributed by atoms with E-state index in [0.717, 1.165) is 4.57 Å². The zero-order valence-electron chi connectivity index (χ0n) is 43.2. The van der Waals surface area contributed by atoms with Gasteiger partial charge in [-0.3, -0.25) is 51.4 Å². The Bertz CT molecular complexity index is 3700. The number of nitrogens with one attached hydrogen (secondary N) is 2. The standard InChI is InChI=1S/C10H14N5O8P.C10H14N5O7P.C10H14N2O5.C9H14N3O8P/c11-10-13-7-4(8(18)14-10)12-2-15(7)9-6(17)5(16)3(23-9)1-22-24(19,20)21;11-8-5-9(13-2-12-8)15(3-14-5)10-7(17)6(16)4(22-10)1-21-23(18,19)20;1-5-3-12(10(16)11-9(5)15)8-2-6(14)7(4-13)17-8;10-5-1-2-12(9(15)11-5)8-7(14)6(13)4(20-8)3-19-21(16,17)18/h2-3,5-6,9,16-17H,1H2,(H2,19,20,21)(H3,11,13,14,18);2-4,6-7,10,16-17H,1H2,(H2,11,12,13)(H2,18,19,20);3,6-8,13-14H,2,4H2,1H3,(H,11,15,16);1-2,4,6-8,13-14H,3H2,(H2,10,11,15)(H2,16,17,18)/t3-,5-,6-,9-;4-,6-,7-,10-;6-,7+,8+;4-,6-,7-,8-/m1101/s1. The molecule has 0 radical (unpaired) electrons. The Balaban J connectivity index is 0.000000164. The Labute approximate surface area is 470 Å². The van der Waals surface area contributed by atoms with E-state index in [9.17, 15) is 68.6 Å². The van der Waals surface area contributed by atoms with Crippen LogP contribution in [0.2, 0.25) is 0 Å². The molecule has 0 amide bonds. The molecule has 4 aliphatic heterocycles. The monoisotopic (exact) mass is 1280 g/mol. The smallest absolute Gasteiger partial charge is 0.394 e. The van der Waals surface area contributed by atoms with Crippen molar-refractivity contribution in [2.24, 2.45) is 0 Å². The van der Waals surface area contributed by atoms with E-state index in [4.69, 9.17) is 70.6 Å². The molecule has 0 saturated carbocycles. The summed E-state index contributed by atoms with van der Waals surface area (Å²) in [4.78, 5) is 126. The lowest BCUT2D eigenvalue weighted by Crippen LogP contribution is -2.36. The van der Waals surface area contributed by atoms with Gasteiger partial charge in [0.1, 0.15) is 84.9 Å². The predicted octanol–water partition coefficient (Wildman–Crippen LogP) is -8.39. The number of aliphatic hydroxyl groups is 8. The summed E-state index contributed by atoms with van der Waals surface area (Å²) in [5, 5.41) is 78.2. The second-order valence-electron chi connectivity index (χ2n) is 18.5. The van der Waals surface area contributed by atoms with Crippen molar-refractivity contribution in [3.05, 3.63) is 84.7 Å². The Morgan fingerprint density at radius 1 is 0.600 bits per heavy atom. The average molecular weight is 1280 g/mol. The quantitative estimate of drug-likeness (QED) is 0.0450. The van der Waals surface area contributed by atoms with Crippen molar-refractivity contribution in [2.75, 3.05) is 43.6 Å². The Hall–Kier alpha value is -6.29. The van der Waals surface area contributed by atoms with Crippen molar-refractivity contribution >= 4 is 63.4 Å². The molecule has 6 aromatic heterocycles. The molecule has 0 bridgehead atoms. The predicted molar refractivity (Wildman–Crippen MR) is 275 cm³/mol. The largest absolute Gasteiger partial charge is 0.469 e. The normalized spacial score (nSPS) is 28.6. The SMILES string of the molecule is Cc1cn([C@H]2C[C@H](O)[C@@H](CO)O2)c(=O)[nH]c1=O.Nc1ccn([C@@H]2O[C@H](COP(=O)(O)O)[C@@H](O)[C@H]2O)c(=O)n1.Nc1nc2c(ncn2[C@@H]2O[C@H](COP(=O)(O)O)[C@@H](O)[C@H]2O)c(=O)[nH]1.Nc1ncnc2c1ncn2[C@@H]1O[C@H](COP(=O)(O)O)[C@@H](O)[C@H]1O. The van der Waals surface area contributed by atoms with Crippen LogP contribution in [0.3, 0.4) is 0 Å². The number of hydrogen-bond acceptors (Lipinski definition) is 31. The van der Waals surface area contributed by atoms with Crippen LogP contribution in [0.25, 0.3) is 22.3 Å². The fraction of sp³-hybridized carbons (Fsp3) is 0.538. The van der Waals surface area contributed by atoms with Crippen LogP contribution in [0.1, 0.15) is 36.9 Å². The summed E-state index contributed by atoms with van der Waals surface area (Å²) >= 11 is 0. The molecule has 6 aromatic rings.